The number of benzene rings is 4. The van der Waals surface area contributed by atoms with Gasteiger partial charge in [-0.15, -0.1) is 10.2 Å². The lowest BCUT2D eigenvalue weighted by atomic mass is 10.1. The lowest BCUT2D eigenvalue weighted by molar-refractivity contribution is 1.22. The van der Waals surface area contributed by atoms with E-state index < -0.39 is 0 Å². The van der Waals surface area contributed by atoms with E-state index in [2.05, 4.69) is 34.5 Å². The Labute approximate surface area is 193 Å². The summed E-state index contributed by atoms with van der Waals surface area (Å²) in [5.74, 6) is 0. The van der Waals surface area contributed by atoms with Crippen LogP contribution < -0.4 is 5.73 Å². The molecule has 0 saturated heterocycles. The highest BCUT2D eigenvalue weighted by Gasteiger charge is 2.02. The van der Waals surface area contributed by atoms with Crippen molar-refractivity contribution in [3.05, 3.63) is 125 Å². The van der Waals surface area contributed by atoms with Crippen LogP contribution in [0.3, 0.4) is 0 Å². The van der Waals surface area contributed by atoms with Gasteiger partial charge in [0.1, 0.15) is 0 Å². The molecule has 0 heterocycles. The van der Waals surface area contributed by atoms with Crippen molar-refractivity contribution in [3.63, 3.8) is 0 Å². The van der Waals surface area contributed by atoms with E-state index in [0.717, 1.165) is 27.9 Å². The Morgan fingerprint density at radius 3 is 1.94 bits per heavy atom. The van der Waals surface area contributed by atoms with Gasteiger partial charge in [-0.3, -0.25) is 0 Å². The summed E-state index contributed by atoms with van der Waals surface area (Å²) < 4.78 is 0. The van der Waals surface area contributed by atoms with E-state index in [1.807, 2.05) is 91.0 Å². The normalized spacial score (nSPS) is 11.4. The molecule has 2 N–H and O–H groups in total. The van der Waals surface area contributed by atoms with E-state index in [1.165, 1.54) is 0 Å². The largest absolute Gasteiger partial charge is 0.399 e. The van der Waals surface area contributed by atoms with Crippen LogP contribution in [-0.4, -0.2) is 0 Å². The van der Waals surface area contributed by atoms with Gasteiger partial charge in [0.2, 0.25) is 0 Å². The lowest BCUT2D eigenvalue weighted by Gasteiger charge is -2.03. The SMILES string of the molecule is N#Cc1ccc(C=Cc2ccc(N)cc2N=Nc2ccccc2C=Cc2ccccc2)cc1. The minimum absolute atomic E-state index is 0.622. The molecule has 4 nitrogen and oxygen atoms in total. The van der Waals surface area contributed by atoms with E-state index >= 15 is 0 Å². The molecule has 0 atom stereocenters. The molecule has 0 aliphatic carbocycles. The number of rotatable bonds is 6. The molecule has 4 aromatic rings. The number of azo groups is 1. The molecule has 4 rings (SSSR count). The van der Waals surface area contributed by atoms with Crippen molar-refractivity contribution in [1.29, 1.82) is 5.26 Å². The first-order chi connectivity index (χ1) is 16.2. The first-order valence-electron chi connectivity index (χ1n) is 10.5. The Kier molecular flexibility index (Phi) is 6.85. The summed E-state index contributed by atoms with van der Waals surface area (Å²) in [5, 5.41) is 18.0. The maximum absolute atomic E-state index is 8.96. The van der Waals surface area contributed by atoms with E-state index in [0.29, 0.717) is 16.9 Å². The molecule has 0 aliphatic heterocycles. The summed E-state index contributed by atoms with van der Waals surface area (Å²) in [6.45, 7) is 0. The summed E-state index contributed by atoms with van der Waals surface area (Å²) in [6, 6.07) is 33.1. The van der Waals surface area contributed by atoms with Crippen molar-refractivity contribution in [2.24, 2.45) is 10.2 Å². The molecule has 0 fully saturated rings. The fourth-order valence-corrected chi connectivity index (χ4v) is 3.22. The monoisotopic (exact) mass is 426 g/mol. The van der Waals surface area contributed by atoms with E-state index in [1.54, 1.807) is 12.1 Å². The molecule has 0 saturated carbocycles. The Balaban J connectivity index is 1.60. The quantitative estimate of drug-likeness (QED) is 0.193. The van der Waals surface area contributed by atoms with Gasteiger partial charge in [0, 0.05) is 16.8 Å². The summed E-state index contributed by atoms with van der Waals surface area (Å²) >= 11 is 0. The fourth-order valence-electron chi connectivity index (χ4n) is 3.22. The number of hydrogen-bond acceptors (Lipinski definition) is 4. The van der Waals surface area contributed by atoms with E-state index in [-0.39, 0.29) is 0 Å². The molecular weight excluding hydrogens is 404 g/mol. The van der Waals surface area contributed by atoms with E-state index in [9.17, 15) is 0 Å². The van der Waals surface area contributed by atoms with Crippen LogP contribution >= 0.6 is 0 Å². The number of nitrogens with two attached hydrogens (primary N) is 1. The third kappa shape index (κ3) is 5.90. The van der Waals surface area contributed by atoms with Crippen LogP contribution in [0.5, 0.6) is 0 Å². The third-order valence-electron chi connectivity index (χ3n) is 5.01. The van der Waals surface area contributed by atoms with Crippen molar-refractivity contribution in [2.75, 3.05) is 5.73 Å². The fraction of sp³-hybridized carbons (Fsp3) is 0. The van der Waals surface area contributed by atoms with Gasteiger partial charge >= 0.3 is 0 Å². The highest BCUT2D eigenvalue weighted by molar-refractivity contribution is 5.78. The molecule has 0 spiro atoms. The van der Waals surface area contributed by atoms with Gasteiger partial charge < -0.3 is 5.73 Å². The van der Waals surface area contributed by atoms with Crippen LogP contribution in [0.25, 0.3) is 24.3 Å². The Hall–Kier alpha value is -4.75. The number of anilines is 1. The second-order valence-electron chi connectivity index (χ2n) is 7.39. The second kappa shape index (κ2) is 10.5. The van der Waals surface area contributed by atoms with E-state index in [4.69, 9.17) is 11.0 Å². The zero-order valence-corrected chi connectivity index (χ0v) is 18.0. The molecule has 0 bridgehead atoms. The molecule has 4 aromatic carbocycles. The number of nitrogens with zero attached hydrogens (tertiary/aromatic N) is 3. The Bertz CT molecular complexity index is 1360. The van der Waals surface area contributed by atoms with Gasteiger partial charge in [-0.25, -0.2) is 0 Å². The van der Waals surface area contributed by atoms with Gasteiger partial charge in [-0.05, 0) is 41.5 Å². The van der Waals surface area contributed by atoms with Gasteiger partial charge in [0.15, 0.2) is 0 Å². The van der Waals surface area contributed by atoms with Gasteiger partial charge in [-0.1, -0.05) is 91.0 Å². The lowest BCUT2D eigenvalue weighted by Crippen LogP contribution is -1.84. The molecule has 0 aliphatic rings. The Morgan fingerprint density at radius 1 is 0.606 bits per heavy atom. The highest BCUT2D eigenvalue weighted by Crippen LogP contribution is 2.29. The van der Waals surface area contributed by atoms with Crippen LogP contribution in [0.1, 0.15) is 27.8 Å². The smallest absolute Gasteiger partial charge is 0.0991 e. The molecular formula is C29H22N4. The van der Waals surface area contributed by atoms with Crippen LogP contribution in [0.2, 0.25) is 0 Å². The van der Waals surface area contributed by atoms with Crippen molar-refractivity contribution in [1.82, 2.24) is 0 Å². The summed E-state index contributed by atoms with van der Waals surface area (Å²) in [4.78, 5) is 0. The molecule has 158 valence electrons. The molecule has 0 amide bonds. The maximum Gasteiger partial charge on any atom is 0.0991 e. The standard InChI is InChI=1S/C29H22N4/c30-21-24-12-10-23(11-13-24)15-17-26-18-19-27(31)20-29(26)33-32-28-9-5-4-8-25(28)16-14-22-6-2-1-3-7-22/h1-20H,31H2. The minimum atomic E-state index is 0.622. The number of nitriles is 1. The van der Waals surface area contributed by atoms with Crippen LogP contribution in [0.15, 0.2) is 107 Å². The molecule has 33 heavy (non-hydrogen) atoms. The van der Waals surface area contributed by atoms with Crippen molar-refractivity contribution < 1.29 is 0 Å². The highest BCUT2D eigenvalue weighted by atomic mass is 15.1. The predicted molar refractivity (Wildman–Crippen MR) is 137 cm³/mol. The summed E-state index contributed by atoms with van der Waals surface area (Å²) in [6.07, 6.45) is 8.04. The van der Waals surface area contributed by atoms with Crippen molar-refractivity contribution in [2.45, 2.75) is 0 Å². The van der Waals surface area contributed by atoms with Crippen LogP contribution in [-0.2, 0) is 0 Å². The van der Waals surface area contributed by atoms with Crippen molar-refractivity contribution in [3.8, 4) is 6.07 Å². The molecule has 4 heteroatoms. The third-order valence-corrected chi connectivity index (χ3v) is 5.01. The number of hydrogen-bond donors (Lipinski definition) is 1. The van der Waals surface area contributed by atoms with Crippen LogP contribution in [0.4, 0.5) is 17.1 Å². The summed E-state index contributed by atoms with van der Waals surface area (Å²) in [7, 11) is 0. The molecule has 0 unspecified atom stereocenters. The topological polar surface area (TPSA) is 74.5 Å². The van der Waals surface area contributed by atoms with Gasteiger partial charge in [0.25, 0.3) is 0 Å². The van der Waals surface area contributed by atoms with Crippen LogP contribution in [0, 0.1) is 11.3 Å². The van der Waals surface area contributed by atoms with Gasteiger partial charge in [0.05, 0.1) is 23.0 Å². The molecule has 0 aromatic heterocycles. The van der Waals surface area contributed by atoms with Crippen molar-refractivity contribution >= 4 is 41.4 Å². The summed E-state index contributed by atoms with van der Waals surface area (Å²) in [5.41, 5.74) is 12.7. The average Bonchev–Trinajstić information content (AvgIpc) is 2.87. The number of nitrogen functional groups attached to an aromatic ring is 1. The average molecular weight is 427 g/mol. The first-order valence-corrected chi connectivity index (χ1v) is 10.5. The zero-order chi connectivity index (χ0) is 22.9. The zero-order valence-electron chi connectivity index (χ0n) is 18.0. The minimum Gasteiger partial charge on any atom is -0.399 e. The molecule has 0 radical (unpaired) electrons. The maximum atomic E-state index is 8.96. The first kappa shape index (κ1) is 21.5. The van der Waals surface area contributed by atoms with Gasteiger partial charge in [-0.2, -0.15) is 5.26 Å². The second-order valence-corrected chi connectivity index (χ2v) is 7.39. The Morgan fingerprint density at radius 2 is 1.21 bits per heavy atom. The predicted octanol–water partition coefficient (Wildman–Crippen LogP) is 7.90.